The SMILES string of the molecule is CC.CC.CC(C)CCOCCNCc1cccnc1F.CC1CCCCC1. The van der Waals surface area contributed by atoms with Gasteiger partial charge in [-0.1, -0.05) is 86.6 Å². The summed E-state index contributed by atoms with van der Waals surface area (Å²) in [4.78, 5) is 3.59. The van der Waals surface area contributed by atoms with Gasteiger partial charge in [-0.15, -0.1) is 0 Å². The van der Waals surface area contributed by atoms with E-state index in [9.17, 15) is 4.39 Å². The molecule has 28 heavy (non-hydrogen) atoms. The fraction of sp³-hybridized carbons (Fsp3) is 0.792. The maximum Gasteiger partial charge on any atom is 0.217 e. The van der Waals surface area contributed by atoms with Crippen molar-refractivity contribution >= 4 is 0 Å². The molecule has 166 valence electrons. The molecular weight excluding hydrogens is 351 g/mol. The number of hydrogen-bond donors (Lipinski definition) is 1. The molecule has 0 saturated heterocycles. The van der Waals surface area contributed by atoms with Crippen molar-refractivity contribution in [2.45, 2.75) is 93.5 Å². The van der Waals surface area contributed by atoms with Crippen LogP contribution in [0.4, 0.5) is 4.39 Å². The second-order valence-corrected chi connectivity index (χ2v) is 7.17. The van der Waals surface area contributed by atoms with E-state index in [1.807, 2.05) is 27.7 Å². The average Bonchev–Trinajstić information content (AvgIpc) is 2.72. The van der Waals surface area contributed by atoms with Crippen LogP contribution in [-0.2, 0) is 11.3 Å². The van der Waals surface area contributed by atoms with Gasteiger partial charge < -0.3 is 10.1 Å². The number of aromatic nitrogens is 1. The van der Waals surface area contributed by atoms with Crippen LogP contribution in [0.3, 0.4) is 0 Å². The molecule has 0 radical (unpaired) electrons. The minimum Gasteiger partial charge on any atom is -0.380 e. The molecule has 1 heterocycles. The predicted molar refractivity (Wildman–Crippen MR) is 121 cm³/mol. The first kappa shape index (κ1) is 29.2. The van der Waals surface area contributed by atoms with Crippen molar-refractivity contribution in [1.29, 1.82) is 0 Å². The van der Waals surface area contributed by atoms with E-state index in [0.717, 1.165) is 25.5 Å². The van der Waals surface area contributed by atoms with Crippen LogP contribution >= 0.6 is 0 Å². The van der Waals surface area contributed by atoms with Gasteiger partial charge in [-0.25, -0.2) is 4.98 Å². The highest BCUT2D eigenvalue weighted by molar-refractivity contribution is 5.10. The number of nitrogens with one attached hydrogen (secondary N) is 1. The summed E-state index contributed by atoms with van der Waals surface area (Å²) in [6.45, 7) is 17.4. The highest BCUT2D eigenvalue weighted by Gasteiger charge is 2.06. The summed E-state index contributed by atoms with van der Waals surface area (Å²) in [5, 5.41) is 3.13. The lowest BCUT2D eigenvalue weighted by atomic mass is 9.91. The molecule has 3 nitrogen and oxygen atoms in total. The fourth-order valence-electron chi connectivity index (χ4n) is 2.65. The van der Waals surface area contributed by atoms with Crippen molar-refractivity contribution in [3.05, 3.63) is 29.8 Å². The molecule has 0 amide bonds. The Hall–Kier alpha value is -1.00. The van der Waals surface area contributed by atoms with Crippen LogP contribution in [0.25, 0.3) is 0 Å². The number of ether oxygens (including phenoxy) is 1. The summed E-state index contributed by atoms with van der Waals surface area (Å²) in [6, 6.07) is 3.47. The summed E-state index contributed by atoms with van der Waals surface area (Å²) < 4.78 is 18.6. The fourth-order valence-corrected chi connectivity index (χ4v) is 2.65. The average molecular weight is 399 g/mol. The number of rotatable bonds is 8. The lowest BCUT2D eigenvalue weighted by Crippen LogP contribution is -2.20. The molecule has 4 heteroatoms. The Morgan fingerprint density at radius 1 is 1.11 bits per heavy atom. The minimum absolute atomic E-state index is 0.402. The van der Waals surface area contributed by atoms with E-state index in [1.165, 1.54) is 38.3 Å². The van der Waals surface area contributed by atoms with E-state index in [0.29, 0.717) is 24.6 Å². The standard InChI is InChI=1S/C13H21FN2O.C7H14.2C2H6/c1-11(2)5-8-17-9-7-15-10-12-4-3-6-16-13(12)14;1-7-5-3-2-4-6-7;2*1-2/h3-4,6,11,15H,5,7-10H2,1-2H3;7H,2-6H2,1H3;2*1-2H3. The topological polar surface area (TPSA) is 34.1 Å². The molecule has 0 spiro atoms. The van der Waals surface area contributed by atoms with Gasteiger partial charge >= 0.3 is 0 Å². The maximum absolute atomic E-state index is 13.1. The zero-order valence-corrected chi connectivity index (χ0v) is 19.7. The van der Waals surface area contributed by atoms with E-state index >= 15 is 0 Å². The largest absolute Gasteiger partial charge is 0.380 e. The predicted octanol–water partition coefficient (Wildman–Crippen LogP) is 7.01. The van der Waals surface area contributed by atoms with Crippen LogP contribution in [0.2, 0.25) is 0 Å². The molecule has 0 unspecified atom stereocenters. The molecular formula is C24H47FN2O. The third-order valence-corrected chi connectivity index (χ3v) is 4.31. The molecule has 1 aromatic heterocycles. The van der Waals surface area contributed by atoms with Crippen molar-refractivity contribution < 1.29 is 9.13 Å². The molecule has 1 N–H and O–H groups in total. The third kappa shape index (κ3) is 18.4. The van der Waals surface area contributed by atoms with Gasteiger partial charge in [0.15, 0.2) is 0 Å². The zero-order valence-electron chi connectivity index (χ0n) is 19.7. The highest BCUT2D eigenvalue weighted by Crippen LogP contribution is 2.22. The number of hydrogen-bond acceptors (Lipinski definition) is 3. The maximum atomic E-state index is 13.1. The molecule has 0 aliphatic heterocycles. The van der Waals surface area contributed by atoms with Gasteiger partial charge in [0.2, 0.25) is 5.95 Å². The number of pyridine rings is 1. The lowest BCUT2D eigenvalue weighted by Gasteiger charge is -2.15. The van der Waals surface area contributed by atoms with Crippen molar-refractivity contribution in [2.24, 2.45) is 11.8 Å². The monoisotopic (exact) mass is 398 g/mol. The van der Waals surface area contributed by atoms with Crippen LogP contribution in [0, 0.1) is 17.8 Å². The molecule has 0 bridgehead atoms. The van der Waals surface area contributed by atoms with E-state index < -0.39 is 5.95 Å². The third-order valence-electron chi connectivity index (χ3n) is 4.31. The van der Waals surface area contributed by atoms with Crippen molar-refractivity contribution in [1.82, 2.24) is 10.3 Å². The summed E-state index contributed by atoms with van der Waals surface area (Å²) in [6.07, 6.45) is 9.97. The smallest absolute Gasteiger partial charge is 0.217 e. The zero-order chi connectivity index (χ0) is 21.6. The molecule has 1 aromatic rings. The van der Waals surface area contributed by atoms with E-state index in [1.54, 1.807) is 12.1 Å². The Labute approximate surface area is 174 Å². The second-order valence-electron chi connectivity index (χ2n) is 7.17. The number of halogens is 1. The van der Waals surface area contributed by atoms with Gasteiger partial charge in [-0.3, -0.25) is 0 Å². The Morgan fingerprint density at radius 2 is 1.75 bits per heavy atom. The molecule has 1 aliphatic carbocycles. The van der Waals surface area contributed by atoms with Crippen LogP contribution in [0.5, 0.6) is 0 Å². The van der Waals surface area contributed by atoms with E-state index in [4.69, 9.17) is 4.74 Å². The molecule has 0 atom stereocenters. The first-order valence-electron chi connectivity index (χ1n) is 11.5. The second kappa shape index (κ2) is 22.3. The summed E-state index contributed by atoms with van der Waals surface area (Å²) in [5.41, 5.74) is 0.592. The van der Waals surface area contributed by atoms with Gasteiger partial charge in [0.1, 0.15) is 0 Å². The summed E-state index contributed by atoms with van der Waals surface area (Å²) in [7, 11) is 0. The van der Waals surface area contributed by atoms with Crippen molar-refractivity contribution in [3.63, 3.8) is 0 Å². The Bertz CT molecular complexity index is 421. The first-order chi connectivity index (χ1) is 13.6. The van der Waals surface area contributed by atoms with Crippen LogP contribution in [-0.4, -0.2) is 24.7 Å². The Kier molecular flexibility index (Phi) is 23.2. The van der Waals surface area contributed by atoms with Crippen LogP contribution in [0.15, 0.2) is 18.3 Å². The van der Waals surface area contributed by atoms with Gasteiger partial charge in [0.25, 0.3) is 0 Å². The van der Waals surface area contributed by atoms with Crippen molar-refractivity contribution in [2.75, 3.05) is 19.8 Å². The van der Waals surface area contributed by atoms with E-state index in [-0.39, 0.29) is 0 Å². The Morgan fingerprint density at radius 3 is 2.25 bits per heavy atom. The van der Waals surface area contributed by atoms with Gasteiger partial charge in [0, 0.05) is 31.5 Å². The van der Waals surface area contributed by atoms with E-state index in [2.05, 4.69) is 31.1 Å². The quantitative estimate of drug-likeness (QED) is 0.377. The summed E-state index contributed by atoms with van der Waals surface area (Å²) in [5.74, 6) is 1.31. The highest BCUT2D eigenvalue weighted by atomic mass is 19.1. The van der Waals surface area contributed by atoms with Crippen LogP contribution in [0.1, 0.15) is 92.6 Å². The van der Waals surface area contributed by atoms with Crippen molar-refractivity contribution in [3.8, 4) is 0 Å². The number of nitrogens with zero attached hydrogens (tertiary/aromatic N) is 1. The molecule has 0 aromatic carbocycles. The van der Waals surface area contributed by atoms with Gasteiger partial charge in [-0.2, -0.15) is 4.39 Å². The van der Waals surface area contributed by atoms with Gasteiger partial charge in [-0.05, 0) is 24.3 Å². The summed E-state index contributed by atoms with van der Waals surface area (Å²) >= 11 is 0. The normalized spacial score (nSPS) is 13.5. The molecule has 1 aliphatic rings. The Balaban J connectivity index is 0. The van der Waals surface area contributed by atoms with Gasteiger partial charge in [0.05, 0.1) is 6.61 Å². The molecule has 2 rings (SSSR count). The molecule has 1 saturated carbocycles. The lowest BCUT2D eigenvalue weighted by molar-refractivity contribution is 0.125. The molecule has 1 fully saturated rings. The van der Waals surface area contributed by atoms with Crippen LogP contribution < -0.4 is 5.32 Å². The minimum atomic E-state index is -0.402. The first-order valence-corrected chi connectivity index (χ1v) is 11.5.